The van der Waals surface area contributed by atoms with Crippen molar-refractivity contribution < 1.29 is 44.2 Å². The molecule has 3 aromatic rings. The number of fused-ring (bicyclic) bond motifs is 1. The number of carbonyl (C=O) groups is 2. The maximum Gasteiger partial charge on any atom is 0.348 e. The molecule has 5 rings (SSSR count). The number of imidazole rings is 1. The van der Waals surface area contributed by atoms with E-state index in [1.165, 1.54) is 17.8 Å². The van der Waals surface area contributed by atoms with E-state index in [1.807, 2.05) is 0 Å². The molecule has 0 saturated carbocycles. The van der Waals surface area contributed by atoms with Crippen LogP contribution >= 0.6 is 11.6 Å². The van der Waals surface area contributed by atoms with Crippen molar-refractivity contribution in [2.75, 3.05) is 25.1 Å². The highest BCUT2D eigenvalue weighted by molar-refractivity contribution is 6.28. The molecule has 2 aliphatic rings. The van der Waals surface area contributed by atoms with Crippen LogP contribution in [0.2, 0.25) is 5.28 Å². The standard InChI is InChI=1S/C28H32ClN5O9/c1-15(2)28(40)18(13-42-27(24(36)37,25(38)39)12-16-6-4-3-5-7-16)43-23(20(28)35)34-14-30-19-21(32-26(29)33-22(19)34)31-17-8-10-41-11-9-17/h3-7,14,17-18,20,23,35,40H,1,8-13H2,2H3,(H,36,37)(H,38,39)(H,31,32,33)/t18-,20+,23-,28-/m1/s1. The number of hydrogen-bond donors (Lipinski definition) is 5. The number of aliphatic hydroxyl groups is 2. The second-order valence-electron chi connectivity index (χ2n) is 10.7. The van der Waals surface area contributed by atoms with Gasteiger partial charge in [0.05, 0.1) is 12.9 Å². The average Bonchev–Trinajstić information content (AvgIpc) is 3.50. The third kappa shape index (κ3) is 5.69. The minimum atomic E-state index is -2.71. The van der Waals surface area contributed by atoms with Gasteiger partial charge in [-0.25, -0.2) is 14.6 Å². The van der Waals surface area contributed by atoms with Crippen LogP contribution in [0, 0.1) is 0 Å². The summed E-state index contributed by atoms with van der Waals surface area (Å²) in [6.07, 6.45) is -2.09. The first-order valence-corrected chi connectivity index (χ1v) is 14.0. The van der Waals surface area contributed by atoms with E-state index >= 15 is 0 Å². The Bertz CT molecular complexity index is 1500. The monoisotopic (exact) mass is 617 g/mol. The molecular weight excluding hydrogens is 586 g/mol. The summed E-state index contributed by atoms with van der Waals surface area (Å²) >= 11 is 6.25. The van der Waals surface area contributed by atoms with Gasteiger partial charge in [-0.15, -0.1) is 0 Å². The lowest BCUT2D eigenvalue weighted by Crippen LogP contribution is -2.55. The first-order valence-electron chi connectivity index (χ1n) is 13.6. The lowest BCUT2D eigenvalue weighted by Gasteiger charge is -2.33. The molecular formula is C28H32ClN5O9. The van der Waals surface area contributed by atoms with Crippen LogP contribution in [0.15, 0.2) is 48.8 Å². The number of carboxylic acid groups (broad SMARTS) is 2. The van der Waals surface area contributed by atoms with Gasteiger partial charge in [-0.2, -0.15) is 9.97 Å². The molecule has 2 saturated heterocycles. The van der Waals surface area contributed by atoms with E-state index < -0.39 is 54.6 Å². The zero-order valence-corrected chi connectivity index (χ0v) is 24.0. The largest absolute Gasteiger partial charge is 0.479 e. The minimum absolute atomic E-state index is 0.0658. The highest BCUT2D eigenvalue weighted by Gasteiger charge is 2.58. The van der Waals surface area contributed by atoms with Gasteiger partial charge in [0.15, 0.2) is 23.2 Å². The van der Waals surface area contributed by atoms with E-state index in [9.17, 15) is 30.0 Å². The fourth-order valence-corrected chi connectivity index (χ4v) is 5.56. The number of nitrogens with zero attached hydrogens (tertiary/aromatic N) is 4. The molecule has 0 spiro atoms. The van der Waals surface area contributed by atoms with Gasteiger partial charge in [-0.3, -0.25) is 4.57 Å². The van der Waals surface area contributed by atoms with Crippen LogP contribution in [-0.2, 0) is 30.2 Å². The molecule has 2 aromatic heterocycles. The molecule has 43 heavy (non-hydrogen) atoms. The van der Waals surface area contributed by atoms with Gasteiger partial charge in [-0.05, 0) is 42.5 Å². The van der Waals surface area contributed by atoms with Crippen LogP contribution in [0.1, 0.15) is 31.6 Å². The van der Waals surface area contributed by atoms with Crippen LogP contribution in [0.25, 0.3) is 11.2 Å². The van der Waals surface area contributed by atoms with E-state index in [2.05, 4.69) is 26.8 Å². The molecule has 1 aromatic carbocycles. The Balaban J connectivity index is 1.45. The lowest BCUT2D eigenvalue weighted by molar-refractivity contribution is -0.191. The van der Waals surface area contributed by atoms with Crippen LogP contribution in [0.3, 0.4) is 0 Å². The fourth-order valence-electron chi connectivity index (χ4n) is 5.40. The van der Waals surface area contributed by atoms with Crippen LogP contribution in [0.4, 0.5) is 5.82 Å². The van der Waals surface area contributed by atoms with Crippen molar-refractivity contribution in [1.29, 1.82) is 0 Å². The predicted molar refractivity (Wildman–Crippen MR) is 152 cm³/mol. The Labute approximate surface area is 250 Å². The molecule has 0 radical (unpaired) electrons. The number of ether oxygens (including phenoxy) is 3. The van der Waals surface area contributed by atoms with E-state index in [-0.39, 0.29) is 22.5 Å². The van der Waals surface area contributed by atoms with E-state index in [0.717, 1.165) is 12.8 Å². The van der Waals surface area contributed by atoms with Crippen molar-refractivity contribution in [2.45, 2.75) is 61.9 Å². The molecule has 0 aliphatic carbocycles. The molecule has 5 N–H and O–H groups in total. The first kappa shape index (κ1) is 30.8. The van der Waals surface area contributed by atoms with E-state index in [0.29, 0.717) is 30.1 Å². The number of hydrogen-bond acceptors (Lipinski definition) is 11. The number of benzene rings is 1. The number of aliphatic hydroxyl groups excluding tert-OH is 1. The van der Waals surface area contributed by atoms with Crippen molar-refractivity contribution in [3.05, 3.63) is 59.7 Å². The average molecular weight is 618 g/mol. The maximum atomic E-state index is 12.3. The molecule has 4 atom stereocenters. The summed E-state index contributed by atoms with van der Waals surface area (Å²) in [4.78, 5) is 37.6. The SMILES string of the molecule is C=C(C)[C@@]1(O)[C@@H](COC(Cc2ccccc2)(C(=O)O)C(=O)O)O[C@@H](n2cnc3c(NC4CCOCC4)nc(Cl)nc32)[C@@H]1O. The van der Waals surface area contributed by atoms with Gasteiger partial charge < -0.3 is 40.0 Å². The Morgan fingerprint density at radius 1 is 1.21 bits per heavy atom. The summed E-state index contributed by atoms with van der Waals surface area (Å²) in [7, 11) is 0. The summed E-state index contributed by atoms with van der Waals surface area (Å²) in [6, 6.07) is 8.19. The van der Waals surface area contributed by atoms with E-state index in [4.69, 9.17) is 25.8 Å². The Kier molecular flexibility index (Phi) is 8.70. The molecule has 2 fully saturated rings. The number of carboxylic acids is 2. The number of aromatic nitrogens is 4. The number of anilines is 1. The first-order chi connectivity index (χ1) is 20.5. The smallest absolute Gasteiger partial charge is 0.348 e. The third-order valence-corrected chi connectivity index (χ3v) is 8.07. The maximum absolute atomic E-state index is 12.3. The molecule has 0 amide bonds. The highest BCUT2D eigenvalue weighted by atomic mass is 35.5. The zero-order valence-electron chi connectivity index (χ0n) is 23.2. The highest BCUT2D eigenvalue weighted by Crippen LogP contribution is 2.43. The van der Waals surface area contributed by atoms with Gasteiger partial charge in [0.1, 0.15) is 17.8 Å². The van der Waals surface area contributed by atoms with Gasteiger partial charge >= 0.3 is 11.9 Å². The number of halogens is 1. The Morgan fingerprint density at radius 2 is 1.88 bits per heavy atom. The molecule has 14 nitrogen and oxygen atoms in total. The van der Waals surface area contributed by atoms with Crippen molar-refractivity contribution in [2.24, 2.45) is 0 Å². The zero-order chi connectivity index (χ0) is 30.9. The summed E-state index contributed by atoms with van der Waals surface area (Å²) < 4.78 is 18.4. The number of aliphatic carboxylic acids is 2. The summed E-state index contributed by atoms with van der Waals surface area (Å²) in [6.45, 7) is 5.71. The normalized spacial score (nSPS) is 24.7. The van der Waals surface area contributed by atoms with Crippen molar-refractivity contribution in [3.63, 3.8) is 0 Å². The van der Waals surface area contributed by atoms with Gasteiger partial charge in [0.25, 0.3) is 5.60 Å². The van der Waals surface area contributed by atoms with Crippen molar-refractivity contribution in [1.82, 2.24) is 19.5 Å². The number of rotatable bonds is 11. The van der Waals surface area contributed by atoms with Crippen molar-refractivity contribution in [3.8, 4) is 0 Å². The van der Waals surface area contributed by atoms with Crippen molar-refractivity contribution >= 4 is 40.5 Å². The Morgan fingerprint density at radius 3 is 2.51 bits per heavy atom. The molecule has 4 heterocycles. The van der Waals surface area contributed by atoms with Crippen LogP contribution in [0.5, 0.6) is 0 Å². The van der Waals surface area contributed by atoms with Gasteiger partial charge in [-0.1, -0.05) is 36.9 Å². The molecule has 15 heteroatoms. The van der Waals surface area contributed by atoms with Crippen LogP contribution in [-0.4, -0.2) is 101 Å². The topological polar surface area (TPSA) is 198 Å². The second-order valence-corrected chi connectivity index (χ2v) is 11.0. The van der Waals surface area contributed by atoms with E-state index in [1.54, 1.807) is 30.3 Å². The minimum Gasteiger partial charge on any atom is -0.479 e. The predicted octanol–water partition coefficient (Wildman–Crippen LogP) is 1.80. The lowest BCUT2D eigenvalue weighted by atomic mass is 9.85. The summed E-state index contributed by atoms with van der Waals surface area (Å²) in [5.41, 5.74) is -3.87. The summed E-state index contributed by atoms with van der Waals surface area (Å²) in [5, 5.41) is 46.2. The van der Waals surface area contributed by atoms with Crippen LogP contribution < -0.4 is 5.32 Å². The molecule has 0 unspecified atom stereocenters. The third-order valence-electron chi connectivity index (χ3n) is 7.90. The quantitative estimate of drug-likeness (QED) is 0.119. The second kappa shape index (κ2) is 12.1. The Hall–Kier alpha value is -3.66. The molecule has 0 bridgehead atoms. The number of nitrogens with one attached hydrogen (secondary N) is 1. The summed E-state index contributed by atoms with van der Waals surface area (Å²) in [5.74, 6) is -3.11. The van der Waals surface area contributed by atoms with Gasteiger partial charge in [0.2, 0.25) is 5.28 Å². The van der Waals surface area contributed by atoms with Gasteiger partial charge in [0, 0.05) is 25.7 Å². The molecule has 2 aliphatic heterocycles. The molecule has 230 valence electrons. The fraction of sp³-hybridized carbons (Fsp3) is 0.464.